The molecule has 0 aromatic carbocycles. The van der Waals surface area contributed by atoms with Crippen LogP contribution in [-0.2, 0) is 4.74 Å². The van der Waals surface area contributed by atoms with Crippen LogP contribution in [0.2, 0.25) is 0 Å². The average molecular weight is 226 g/mol. The molecule has 2 saturated heterocycles. The first-order valence-corrected chi connectivity index (χ1v) is 6.81. The van der Waals surface area contributed by atoms with E-state index in [0.717, 1.165) is 25.0 Å². The van der Waals surface area contributed by atoms with Gasteiger partial charge in [0.05, 0.1) is 0 Å². The molecule has 0 aliphatic carbocycles. The van der Waals surface area contributed by atoms with Crippen molar-refractivity contribution in [3.05, 3.63) is 0 Å². The van der Waals surface area contributed by atoms with Crippen LogP contribution in [0.4, 0.5) is 0 Å². The fourth-order valence-electron chi connectivity index (χ4n) is 2.96. The molecule has 2 heterocycles. The van der Waals surface area contributed by atoms with Gasteiger partial charge in [0.25, 0.3) is 0 Å². The van der Waals surface area contributed by atoms with Gasteiger partial charge in [0.2, 0.25) is 0 Å². The summed E-state index contributed by atoms with van der Waals surface area (Å²) in [6, 6.07) is 0. The Morgan fingerprint density at radius 2 is 1.88 bits per heavy atom. The quantitative estimate of drug-likeness (QED) is 0.783. The second-order valence-electron chi connectivity index (χ2n) is 5.49. The molecule has 3 heteroatoms. The molecule has 1 atom stereocenters. The Bertz CT molecular complexity index is 166. The maximum absolute atomic E-state index is 5.40. The number of piperidine rings is 1. The van der Waals surface area contributed by atoms with Crippen LogP contribution in [0.5, 0.6) is 0 Å². The van der Waals surface area contributed by atoms with Gasteiger partial charge >= 0.3 is 0 Å². The molecule has 0 saturated carbocycles. The van der Waals surface area contributed by atoms with Gasteiger partial charge in [-0.25, -0.2) is 0 Å². The van der Waals surface area contributed by atoms with Gasteiger partial charge in [-0.15, -0.1) is 0 Å². The Kier molecular flexibility index (Phi) is 5.07. The molecule has 2 aliphatic heterocycles. The zero-order valence-electron chi connectivity index (χ0n) is 10.6. The van der Waals surface area contributed by atoms with E-state index in [0.29, 0.717) is 0 Å². The first-order chi connectivity index (χ1) is 7.84. The van der Waals surface area contributed by atoms with Gasteiger partial charge in [-0.3, -0.25) is 0 Å². The first-order valence-electron chi connectivity index (χ1n) is 6.81. The summed E-state index contributed by atoms with van der Waals surface area (Å²) in [6.07, 6.45) is 5.28. The van der Waals surface area contributed by atoms with E-state index in [-0.39, 0.29) is 0 Å². The summed E-state index contributed by atoms with van der Waals surface area (Å²) < 4.78 is 5.40. The standard InChI is InChI=1S/C13H26N2O/c1-15(10-12-4-7-16-8-5-12)11-13-3-2-6-14-9-13/h12-14H,2-11H2,1H3/t13-/m1/s1. The van der Waals surface area contributed by atoms with E-state index in [4.69, 9.17) is 4.74 Å². The van der Waals surface area contributed by atoms with Gasteiger partial charge in [0.15, 0.2) is 0 Å². The zero-order chi connectivity index (χ0) is 11.2. The fraction of sp³-hybridized carbons (Fsp3) is 1.00. The van der Waals surface area contributed by atoms with Crippen molar-refractivity contribution in [2.75, 3.05) is 46.4 Å². The lowest BCUT2D eigenvalue weighted by molar-refractivity contribution is 0.0535. The largest absolute Gasteiger partial charge is 0.381 e. The minimum Gasteiger partial charge on any atom is -0.381 e. The Labute approximate surface area is 99.5 Å². The van der Waals surface area contributed by atoms with Gasteiger partial charge in [0.1, 0.15) is 0 Å². The van der Waals surface area contributed by atoms with Gasteiger partial charge in [-0.2, -0.15) is 0 Å². The molecule has 0 amide bonds. The molecule has 94 valence electrons. The Balaban J connectivity index is 1.64. The monoisotopic (exact) mass is 226 g/mol. The van der Waals surface area contributed by atoms with E-state index in [2.05, 4.69) is 17.3 Å². The highest BCUT2D eigenvalue weighted by Crippen LogP contribution is 2.17. The Morgan fingerprint density at radius 1 is 1.12 bits per heavy atom. The average Bonchev–Trinajstić information content (AvgIpc) is 2.31. The molecule has 0 radical (unpaired) electrons. The van der Waals surface area contributed by atoms with Crippen LogP contribution >= 0.6 is 0 Å². The van der Waals surface area contributed by atoms with Crippen molar-refractivity contribution in [3.63, 3.8) is 0 Å². The lowest BCUT2D eigenvalue weighted by atomic mass is 9.97. The van der Waals surface area contributed by atoms with Crippen molar-refractivity contribution in [2.45, 2.75) is 25.7 Å². The topological polar surface area (TPSA) is 24.5 Å². The van der Waals surface area contributed by atoms with Crippen LogP contribution in [0.15, 0.2) is 0 Å². The van der Waals surface area contributed by atoms with Crippen molar-refractivity contribution < 1.29 is 4.74 Å². The van der Waals surface area contributed by atoms with E-state index in [1.165, 1.54) is 51.9 Å². The summed E-state index contributed by atoms with van der Waals surface area (Å²) in [4.78, 5) is 2.54. The van der Waals surface area contributed by atoms with Gasteiger partial charge in [-0.05, 0) is 57.7 Å². The van der Waals surface area contributed by atoms with E-state index in [1.807, 2.05) is 0 Å². The summed E-state index contributed by atoms with van der Waals surface area (Å²) in [5, 5.41) is 3.50. The smallest absolute Gasteiger partial charge is 0.0469 e. The number of rotatable bonds is 4. The maximum Gasteiger partial charge on any atom is 0.0469 e. The minimum absolute atomic E-state index is 0.871. The molecule has 0 aromatic rings. The molecule has 0 aromatic heterocycles. The van der Waals surface area contributed by atoms with Crippen molar-refractivity contribution >= 4 is 0 Å². The number of hydrogen-bond donors (Lipinski definition) is 1. The molecule has 1 N–H and O–H groups in total. The molecule has 0 unspecified atom stereocenters. The molecule has 2 aliphatic rings. The molecule has 0 bridgehead atoms. The second kappa shape index (κ2) is 6.58. The predicted octanol–water partition coefficient (Wildman–Crippen LogP) is 1.34. The molecular formula is C13H26N2O. The third-order valence-electron chi connectivity index (χ3n) is 3.88. The highest BCUT2D eigenvalue weighted by atomic mass is 16.5. The number of ether oxygens (including phenoxy) is 1. The summed E-state index contributed by atoms with van der Waals surface area (Å²) in [5.74, 6) is 1.74. The molecule has 0 spiro atoms. The van der Waals surface area contributed by atoms with Crippen molar-refractivity contribution in [1.29, 1.82) is 0 Å². The molecule has 2 rings (SSSR count). The van der Waals surface area contributed by atoms with Crippen LogP contribution in [0, 0.1) is 11.8 Å². The summed E-state index contributed by atoms with van der Waals surface area (Å²) in [7, 11) is 2.28. The highest BCUT2D eigenvalue weighted by Gasteiger charge is 2.19. The lowest BCUT2D eigenvalue weighted by Crippen LogP contribution is -2.39. The third kappa shape index (κ3) is 4.04. The van der Waals surface area contributed by atoms with Crippen molar-refractivity contribution in [1.82, 2.24) is 10.2 Å². The number of nitrogens with zero attached hydrogens (tertiary/aromatic N) is 1. The lowest BCUT2D eigenvalue weighted by Gasteiger charge is -2.31. The zero-order valence-corrected chi connectivity index (χ0v) is 10.6. The second-order valence-corrected chi connectivity index (χ2v) is 5.49. The highest BCUT2D eigenvalue weighted by molar-refractivity contribution is 4.74. The van der Waals surface area contributed by atoms with Crippen LogP contribution in [0.3, 0.4) is 0 Å². The Hall–Kier alpha value is -0.120. The normalized spacial score (nSPS) is 28.5. The summed E-state index contributed by atoms with van der Waals surface area (Å²) in [5.41, 5.74) is 0. The predicted molar refractivity (Wildman–Crippen MR) is 66.6 cm³/mol. The van der Waals surface area contributed by atoms with E-state index in [9.17, 15) is 0 Å². The van der Waals surface area contributed by atoms with Crippen molar-refractivity contribution in [2.24, 2.45) is 11.8 Å². The van der Waals surface area contributed by atoms with Gasteiger partial charge in [0, 0.05) is 26.3 Å². The SMILES string of the molecule is CN(CC1CCOCC1)C[C@@H]1CCCNC1. The van der Waals surface area contributed by atoms with E-state index < -0.39 is 0 Å². The number of nitrogens with one attached hydrogen (secondary N) is 1. The molecule has 3 nitrogen and oxygen atoms in total. The van der Waals surface area contributed by atoms with Gasteiger partial charge in [-0.1, -0.05) is 0 Å². The third-order valence-corrected chi connectivity index (χ3v) is 3.88. The van der Waals surface area contributed by atoms with Gasteiger partial charge < -0.3 is 15.0 Å². The molecular weight excluding hydrogens is 200 g/mol. The van der Waals surface area contributed by atoms with Crippen LogP contribution < -0.4 is 5.32 Å². The van der Waals surface area contributed by atoms with Crippen LogP contribution in [0.1, 0.15) is 25.7 Å². The maximum atomic E-state index is 5.40. The first kappa shape index (κ1) is 12.3. The molecule has 2 fully saturated rings. The van der Waals surface area contributed by atoms with Crippen LogP contribution in [0.25, 0.3) is 0 Å². The minimum atomic E-state index is 0.871. The Morgan fingerprint density at radius 3 is 2.56 bits per heavy atom. The van der Waals surface area contributed by atoms with E-state index >= 15 is 0 Å². The molecule has 16 heavy (non-hydrogen) atoms. The summed E-state index contributed by atoms with van der Waals surface area (Å²) >= 11 is 0. The fourth-order valence-corrected chi connectivity index (χ4v) is 2.96. The van der Waals surface area contributed by atoms with Crippen molar-refractivity contribution in [3.8, 4) is 0 Å². The van der Waals surface area contributed by atoms with E-state index in [1.54, 1.807) is 0 Å². The van der Waals surface area contributed by atoms with Crippen LogP contribution in [-0.4, -0.2) is 51.3 Å². The number of hydrogen-bond acceptors (Lipinski definition) is 3. The summed E-state index contributed by atoms with van der Waals surface area (Å²) in [6.45, 7) is 6.93.